The number of carbonyl (C=O) groups excluding carboxylic acids is 4. The predicted octanol–water partition coefficient (Wildman–Crippen LogP) is 4.25. The Kier molecular flexibility index (Phi) is 8.45. The zero-order valence-electron chi connectivity index (χ0n) is 21.9. The Bertz CT molecular complexity index is 1360. The number of imide groups is 1. The fourth-order valence-corrected chi connectivity index (χ4v) is 4.24. The highest BCUT2D eigenvalue weighted by Crippen LogP contribution is 2.30. The molecule has 10 nitrogen and oxygen atoms in total. The molecular formula is C29H29N3O7. The van der Waals surface area contributed by atoms with Crippen LogP contribution in [0.3, 0.4) is 0 Å². The summed E-state index contributed by atoms with van der Waals surface area (Å²) >= 11 is 0. The van der Waals surface area contributed by atoms with Crippen molar-refractivity contribution in [3.05, 3.63) is 83.9 Å². The zero-order valence-corrected chi connectivity index (χ0v) is 21.9. The van der Waals surface area contributed by atoms with Gasteiger partial charge in [-0.1, -0.05) is 18.2 Å². The predicted molar refractivity (Wildman–Crippen MR) is 144 cm³/mol. The lowest BCUT2D eigenvalue weighted by molar-refractivity contribution is -0.124. The van der Waals surface area contributed by atoms with Crippen LogP contribution in [0.2, 0.25) is 0 Å². The van der Waals surface area contributed by atoms with Gasteiger partial charge >= 0.3 is 12.0 Å². The van der Waals surface area contributed by atoms with Gasteiger partial charge in [-0.15, -0.1) is 0 Å². The first-order chi connectivity index (χ1) is 18.8. The number of hydrogen-bond donors (Lipinski definition) is 1. The molecule has 3 aromatic carbocycles. The van der Waals surface area contributed by atoms with Crippen molar-refractivity contribution in [1.82, 2.24) is 4.90 Å². The molecule has 10 heteroatoms. The third-order valence-corrected chi connectivity index (χ3v) is 6.20. The Morgan fingerprint density at radius 2 is 1.54 bits per heavy atom. The maximum atomic E-state index is 13.5. The first kappa shape index (κ1) is 27.2. The Labute approximate surface area is 226 Å². The molecule has 4 amide bonds. The van der Waals surface area contributed by atoms with E-state index in [2.05, 4.69) is 5.32 Å². The zero-order chi connectivity index (χ0) is 27.9. The van der Waals surface area contributed by atoms with Gasteiger partial charge in [-0.25, -0.2) is 14.5 Å². The van der Waals surface area contributed by atoms with Crippen molar-refractivity contribution >= 4 is 35.2 Å². The van der Waals surface area contributed by atoms with Crippen LogP contribution < -0.4 is 19.7 Å². The molecule has 0 bridgehead atoms. The van der Waals surface area contributed by atoms with E-state index in [0.29, 0.717) is 22.9 Å². The van der Waals surface area contributed by atoms with Gasteiger partial charge in [-0.2, -0.15) is 0 Å². The van der Waals surface area contributed by atoms with E-state index in [1.54, 1.807) is 80.8 Å². The molecule has 3 aromatic rings. The van der Waals surface area contributed by atoms with E-state index < -0.39 is 29.9 Å². The molecule has 1 atom stereocenters. The van der Waals surface area contributed by atoms with Crippen LogP contribution in [0.4, 0.5) is 16.2 Å². The van der Waals surface area contributed by atoms with E-state index in [-0.39, 0.29) is 25.1 Å². The highest BCUT2D eigenvalue weighted by atomic mass is 16.5. The molecule has 0 aromatic heterocycles. The highest BCUT2D eigenvalue weighted by molar-refractivity contribution is 6.22. The highest BCUT2D eigenvalue weighted by Gasteiger charge is 2.46. The molecule has 202 valence electrons. The van der Waals surface area contributed by atoms with Crippen LogP contribution in [0.5, 0.6) is 11.5 Å². The third kappa shape index (κ3) is 6.18. The fraction of sp³-hybridized carbons (Fsp3) is 0.241. The average Bonchev–Trinajstić information content (AvgIpc) is 3.17. The second kappa shape index (κ2) is 12.1. The van der Waals surface area contributed by atoms with Crippen LogP contribution >= 0.6 is 0 Å². The smallest absolute Gasteiger partial charge is 0.338 e. The molecular weight excluding hydrogens is 502 g/mol. The SMILES string of the molecule is CCOC(=O)c1cccc(NC(=O)C[C@H]2C(=O)N(c3ccc(OC)cc3)C(=O)N2Cc2ccc(OC)cc2)c1. The number of nitrogens with zero attached hydrogens (tertiary/aromatic N) is 2. The van der Waals surface area contributed by atoms with Crippen molar-refractivity contribution in [2.45, 2.75) is 25.9 Å². The Hall–Kier alpha value is -4.86. The molecule has 1 heterocycles. The van der Waals surface area contributed by atoms with E-state index in [4.69, 9.17) is 14.2 Å². The lowest BCUT2D eigenvalue weighted by Gasteiger charge is -2.22. The van der Waals surface area contributed by atoms with E-state index in [0.717, 1.165) is 10.5 Å². The second-order valence-electron chi connectivity index (χ2n) is 8.70. The second-order valence-corrected chi connectivity index (χ2v) is 8.70. The van der Waals surface area contributed by atoms with Gasteiger partial charge in [0.1, 0.15) is 17.5 Å². The van der Waals surface area contributed by atoms with Crippen LogP contribution in [-0.2, 0) is 20.9 Å². The summed E-state index contributed by atoms with van der Waals surface area (Å²) in [5.41, 5.74) is 1.79. The Balaban J connectivity index is 1.57. The number of amides is 4. The summed E-state index contributed by atoms with van der Waals surface area (Å²) in [6, 6.07) is 18.4. The summed E-state index contributed by atoms with van der Waals surface area (Å²) in [5.74, 6) is -0.282. The van der Waals surface area contributed by atoms with Gasteiger partial charge < -0.3 is 24.4 Å². The molecule has 0 aliphatic carbocycles. The summed E-state index contributed by atoms with van der Waals surface area (Å²) in [6.45, 7) is 2.04. The molecule has 1 fully saturated rings. The van der Waals surface area contributed by atoms with Crippen LogP contribution in [0, 0.1) is 0 Å². The molecule has 0 spiro atoms. The molecule has 0 unspecified atom stereocenters. The van der Waals surface area contributed by atoms with Gasteiger partial charge in [-0.3, -0.25) is 9.59 Å². The maximum Gasteiger partial charge on any atom is 0.338 e. The van der Waals surface area contributed by atoms with Crippen molar-refractivity contribution in [2.24, 2.45) is 0 Å². The Morgan fingerprint density at radius 3 is 2.15 bits per heavy atom. The van der Waals surface area contributed by atoms with Gasteiger partial charge in [0.15, 0.2) is 0 Å². The first-order valence-corrected chi connectivity index (χ1v) is 12.3. The summed E-state index contributed by atoms with van der Waals surface area (Å²) in [7, 11) is 3.08. The largest absolute Gasteiger partial charge is 0.497 e. The van der Waals surface area contributed by atoms with Crippen molar-refractivity contribution in [3.8, 4) is 11.5 Å². The first-order valence-electron chi connectivity index (χ1n) is 12.3. The van der Waals surface area contributed by atoms with Crippen LogP contribution in [-0.4, -0.2) is 55.6 Å². The number of carbonyl (C=O) groups is 4. The minimum atomic E-state index is -1.05. The summed E-state index contributed by atoms with van der Waals surface area (Å²) in [5, 5.41) is 2.72. The molecule has 39 heavy (non-hydrogen) atoms. The number of urea groups is 1. The number of anilines is 2. The summed E-state index contributed by atoms with van der Waals surface area (Å²) in [4.78, 5) is 54.6. The summed E-state index contributed by atoms with van der Waals surface area (Å²) < 4.78 is 15.4. The number of esters is 1. The Morgan fingerprint density at radius 1 is 0.897 bits per heavy atom. The minimum Gasteiger partial charge on any atom is -0.497 e. The van der Waals surface area contributed by atoms with E-state index in [9.17, 15) is 19.2 Å². The monoisotopic (exact) mass is 531 g/mol. The fourth-order valence-electron chi connectivity index (χ4n) is 4.24. The van der Waals surface area contributed by atoms with Gasteiger partial charge in [0.2, 0.25) is 5.91 Å². The molecule has 1 aliphatic rings. The molecule has 0 radical (unpaired) electrons. The maximum absolute atomic E-state index is 13.5. The van der Waals surface area contributed by atoms with Gasteiger partial charge in [0.05, 0.1) is 38.5 Å². The quantitative estimate of drug-likeness (QED) is 0.307. The lowest BCUT2D eigenvalue weighted by atomic mass is 10.1. The van der Waals surface area contributed by atoms with Crippen LogP contribution in [0.15, 0.2) is 72.8 Å². The van der Waals surface area contributed by atoms with E-state index in [1.807, 2.05) is 0 Å². The molecule has 1 aliphatic heterocycles. The standard InChI is InChI=1S/C29H29N3O7/c1-4-39-28(35)20-6-5-7-21(16-20)30-26(33)17-25-27(34)32(22-10-14-24(38-3)15-11-22)29(36)31(25)18-19-8-12-23(37-2)13-9-19/h5-16,25H,4,17-18H2,1-3H3,(H,30,33)/t25-/m0/s1. The molecule has 1 N–H and O–H groups in total. The van der Waals surface area contributed by atoms with Crippen molar-refractivity contribution in [3.63, 3.8) is 0 Å². The lowest BCUT2D eigenvalue weighted by Crippen LogP contribution is -2.37. The molecule has 4 rings (SSSR count). The van der Waals surface area contributed by atoms with Gasteiger partial charge in [0, 0.05) is 12.2 Å². The van der Waals surface area contributed by atoms with Crippen molar-refractivity contribution in [2.75, 3.05) is 31.0 Å². The normalized spacial score (nSPS) is 14.8. The van der Waals surface area contributed by atoms with Crippen LogP contribution in [0.25, 0.3) is 0 Å². The van der Waals surface area contributed by atoms with E-state index in [1.165, 1.54) is 18.1 Å². The van der Waals surface area contributed by atoms with Crippen molar-refractivity contribution < 1.29 is 33.4 Å². The molecule has 1 saturated heterocycles. The topological polar surface area (TPSA) is 114 Å². The molecule has 0 saturated carbocycles. The van der Waals surface area contributed by atoms with Crippen LogP contribution in [0.1, 0.15) is 29.3 Å². The summed E-state index contributed by atoms with van der Waals surface area (Å²) in [6.07, 6.45) is -0.281. The number of hydrogen-bond acceptors (Lipinski definition) is 7. The van der Waals surface area contributed by atoms with E-state index >= 15 is 0 Å². The average molecular weight is 532 g/mol. The minimum absolute atomic E-state index is 0.109. The third-order valence-electron chi connectivity index (χ3n) is 6.20. The number of ether oxygens (including phenoxy) is 3. The number of methoxy groups -OCH3 is 2. The number of benzene rings is 3. The van der Waals surface area contributed by atoms with Crippen molar-refractivity contribution in [1.29, 1.82) is 0 Å². The van der Waals surface area contributed by atoms with Gasteiger partial charge in [0.25, 0.3) is 5.91 Å². The number of nitrogens with one attached hydrogen (secondary N) is 1. The number of rotatable bonds is 10. The van der Waals surface area contributed by atoms with Gasteiger partial charge in [-0.05, 0) is 67.1 Å².